The number of amides is 2. The van der Waals surface area contributed by atoms with E-state index >= 15 is 0 Å². The number of nitrogens with zero attached hydrogens (tertiary/aromatic N) is 2. The minimum absolute atomic E-state index is 0.0127. The summed E-state index contributed by atoms with van der Waals surface area (Å²) in [6.07, 6.45) is 9.01. The molecule has 6 heteroatoms. The van der Waals surface area contributed by atoms with Crippen molar-refractivity contribution in [2.45, 2.75) is 71.0 Å². The zero-order valence-corrected chi connectivity index (χ0v) is 19.3. The van der Waals surface area contributed by atoms with Crippen LogP contribution in [0.4, 0.5) is 5.69 Å². The molecule has 1 aromatic carbocycles. The maximum absolute atomic E-state index is 13.8. The highest BCUT2D eigenvalue weighted by molar-refractivity contribution is 6.12. The van der Waals surface area contributed by atoms with Crippen LogP contribution in [-0.2, 0) is 14.4 Å². The highest BCUT2D eigenvalue weighted by Crippen LogP contribution is 2.51. The van der Waals surface area contributed by atoms with E-state index < -0.39 is 23.3 Å². The summed E-state index contributed by atoms with van der Waals surface area (Å²) in [5.41, 5.74) is 1.20. The summed E-state index contributed by atoms with van der Waals surface area (Å²) in [6.45, 7) is 5.69. The average molecular weight is 437 g/mol. The first-order valence-corrected chi connectivity index (χ1v) is 11.8. The third-order valence-corrected chi connectivity index (χ3v) is 7.69. The van der Waals surface area contributed by atoms with Crippen molar-refractivity contribution >= 4 is 29.4 Å². The first kappa shape index (κ1) is 21.2. The summed E-state index contributed by atoms with van der Waals surface area (Å²) in [4.78, 5) is 44.8. The predicted molar refractivity (Wildman–Crippen MR) is 122 cm³/mol. The lowest BCUT2D eigenvalue weighted by Crippen LogP contribution is -2.53. The van der Waals surface area contributed by atoms with Gasteiger partial charge in [-0.25, -0.2) is 0 Å². The Hall–Kier alpha value is -2.63. The van der Waals surface area contributed by atoms with Crippen molar-refractivity contribution in [3.8, 4) is 5.75 Å². The monoisotopic (exact) mass is 436 g/mol. The van der Waals surface area contributed by atoms with Gasteiger partial charge in [0.2, 0.25) is 11.8 Å². The standard InChI is InChI=1S/C26H32N2O4/c1-26(2,3)23(29)22-21-20(24(30)27(25(21)31)16-8-6-5-7-9-16)19-12-10-15-14-17(32-4)11-13-18(15)28(19)22/h10-14,16,19-22H,5-9H2,1-4H3/t19-,20-,21-,22+/m1/s1. The molecule has 0 N–H and O–H groups in total. The van der Waals surface area contributed by atoms with Gasteiger partial charge in [-0.2, -0.15) is 0 Å². The molecule has 0 radical (unpaired) electrons. The van der Waals surface area contributed by atoms with E-state index in [9.17, 15) is 14.4 Å². The van der Waals surface area contributed by atoms with Gasteiger partial charge in [0.05, 0.1) is 25.0 Å². The Kier molecular flexibility index (Phi) is 4.95. The number of fused-ring (bicyclic) bond motifs is 5. The maximum Gasteiger partial charge on any atom is 0.236 e. The van der Waals surface area contributed by atoms with Crippen LogP contribution in [-0.4, -0.2) is 47.7 Å². The van der Waals surface area contributed by atoms with Gasteiger partial charge < -0.3 is 9.64 Å². The minimum Gasteiger partial charge on any atom is -0.497 e. The highest BCUT2D eigenvalue weighted by Gasteiger charge is 2.65. The molecule has 0 aromatic heterocycles. The smallest absolute Gasteiger partial charge is 0.236 e. The zero-order chi connectivity index (χ0) is 22.8. The molecule has 2 saturated heterocycles. The Labute approximate surface area is 189 Å². The number of Topliss-reactive ketones (excluding diaryl/α,β-unsaturated/α-hetero) is 1. The molecule has 2 amide bonds. The van der Waals surface area contributed by atoms with Crippen LogP contribution in [0.2, 0.25) is 0 Å². The van der Waals surface area contributed by atoms with E-state index in [1.54, 1.807) is 12.0 Å². The largest absolute Gasteiger partial charge is 0.497 e. The van der Waals surface area contributed by atoms with Crippen LogP contribution in [0.3, 0.4) is 0 Å². The van der Waals surface area contributed by atoms with Crippen molar-refractivity contribution in [2.75, 3.05) is 12.0 Å². The van der Waals surface area contributed by atoms with Gasteiger partial charge in [0, 0.05) is 22.7 Å². The number of ether oxygens (including phenoxy) is 1. The van der Waals surface area contributed by atoms with Gasteiger partial charge in [-0.1, -0.05) is 52.2 Å². The summed E-state index contributed by atoms with van der Waals surface area (Å²) in [7, 11) is 1.63. The Bertz CT molecular complexity index is 1000. The van der Waals surface area contributed by atoms with Gasteiger partial charge in [-0.15, -0.1) is 0 Å². The van der Waals surface area contributed by atoms with E-state index in [1.165, 1.54) is 0 Å². The average Bonchev–Trinajstić information content (AvgIpc) is 3.25. The van der Waals surface area contributed by atoms with Crippen LogP contribution >= 0.6 is 0 Å². The number of anilines is 1. The van der Waals surface area contributed by atoms with Gasteiger partial charge >= 0.3 is 0 Å². The summed E-state index contributed by atoms with van der Waals surface area (Å²) < 4.78 is 5.38. The molecule has 0 spiro atoms. The van der Waals surface area contributed by atoms with Crippen LogP contribution in [0, 0.1) is 17.3 Å². The molecule has 4 atom stereocenters. The second kappa shape index (κ2) is 7.46. The molecule has 1 saturated carbocycles. The zero-order valence-electron chi connectivity index (χ0n) is 19.3. The van der Waals surface area contributed by atoms with E-state index in [4.69, 9.17) is 4.74 Å². The molecule has 6 nitrogen and oxygen atoms in total. The van der Waals surface area contributed by atoms with E-state index in [0.29, 0.717) is 0 Å². The van der Waals surface area contributed by atoms with Crippen molar-refractivity contribution in [1.82, 2.24) is 4.90 Å². The van der Waals surface area contributed by atoms with Gasteiger partial charge in [0.25, 0.3) is 0 Å². The number of imide groups is 1. The fourth-order valence-corrected chi connectivity index (χ4v) is 6.14. The number of carbonyl (C=O) groups excluding carboxylic acids is 3. The number of benzene rings is 1. The molecule has 1 aliphatic carbocycles. The maximum atomic E-state index is 13.8. The molecule has 1 aromatic rings. The Morgan fingerprint density at radius 1 is 1.03 bits per heavy atom. The molecule has 0 bridgehead atoms. The Morgan fingerprint density at radius 2 is 1.72 bits per heavy atom. The lowest BCUT2D eigenvalue weighted by molar-refractivity contribution is -0.145. The molecule has 3 heterocycles. The van der Waals surface area contributed by atoms with Crippen LogP contribution in [0.15, 0.2) is 24.3 Å². The number of rotatable bonds is 3. The first-order valence-electron chi connectivity index (χ1n) is 11.8. The number of carbonyl (C=O) groups is 3. The molecular formula is C26H32N2O4. The molecule has 32 heavy (non-hydrogen) atoms. The molecule has 3 fully saturated rings. The third kappa shape index (κ3) is 3.02. The van der Waals surface area contributed by atoms with Crippen molar-refractivity contribution in [3.05, 3.63) is 29.8 Å². The van der Waals surface area contributed by atoms with Gasteiger partial charge in [-0.05, 0) is 31.0 Å². The lowest BCUT2D eigenvalue weighted by atomic mass is 9.79. The predicted octanol–water partition coefficient (Wildman–Crippen LogP) is 3.83. The second-order valence-corrected chi connectivity index (χ2v) is 10.6. The number of methoxy groups -OCH3 is 1. The lowest BCUT2D eigenvalue weighted by Gasteiger charge is -2.39. The fourth-order valence-electron chi connectivity index (χ4n) is 6.14. The number of ketones is 1. The summed E-state index contributed by atoms with van der Waals surface area (Å²) in [5.74, 6) is -0.620. The minimum atomic E-state index is -0.646. The second-order valence-electron chi connectivity index (χ2n) is 10.6. The van der Waals surface area contributed by atoms with E-state index in [1.807, 2.05) is 56.0 Å². The fraction of sp³-hybridized carbons (Fsp3) is 0.577. The SMILES string of the molecule is COc1ccc2c(c1)C=C[C@@H]1[C@H]3C(=O)N(C4CCCCC4)C(=O)[C@H]3[C@@H](C(=O)C(C)(C)C)N21. The van der Waals surface area contributed by atoms with Crippen molar-refractivity contribution in [1.29, 1.82) is 0 Å². The molecule has 0 unspecified atom stereocenters. The molecule has 170 valence electrons. The number of hydrogen-bond donors (Lipinski definition) is 0. The number of likely N-dealkylation sites (tertiary alicyclic amines) is 1. The number of hydrogen-bond acceptors (Lipinski definition) is 5. The van der Waals surface area contributed by atoms with Gasteiger partial charge in [0.15, 0.2) is 5.78 Å². The summed E-state index contributed by atoms with van der Waals surface area (Å²) in [5, 5.41) is 0. The Balaban J connectivity index is 1.60. The highest BCUT2D eigenvalue weighted by atomic mass is 16.5. The van der Waals surface area contributed by atoms with Gasteiger partial charge in [0.1, 0.15) is 11.8 Å². The van der Waals surface area contributed by atoms with Crippen molar-refractivity contribution in [2.24, 2.45) is 17.3 Å². The molecular weight excluding hydrogens is 404 g/mol. The summed E-state index contributed by atoms with van der Waals surface area (Å²) in [6, 6.07) is 4.81. The van der Waals surface area contributed by atoms with E-state index in [0.717, 1.165) is 49.1 Å². The van der Waals surface area contributed by atoms with Crippen LogP contribution < -0.4 is 9.64 Å². The topological polar surface area (TPSA) is 66.9 Å². The normalized spacial score (nSPS) is 29.8. The Morgan fingerprint density at radius 3 is 2.38 bits per heavy atom. The van der Waals surface area contributed by atoms with Crippen molar-refractivity contribution in [3.63, 3.8) is 0 Å². The molecule has 3 aliphatic heterocycles. The van der Waals surface area contributed by atoms with Crippen LogP contribution in [0.1, 0.15) is 58.4 Å². The van der Waals surface area contributed by atoms with Crippen LogP contribution in [0.25, 0.3) is 6.08 Å². The molecule has 4 aliphatic rings. The van der Waals surface area contributed by atoms with Crippen molar-refractivity contribution < 1.29 is 19.1 Å². The van der Waals surface area contributed by atoms with Gasteiger partial charge in [-0.3, -0.25) is 19.3 Å². The molecule has 5 rings (SSSR count). The summed E-state index contributed by atoms with van der Waals surface area (Å²) >= 11 is 0. The van der Waals surface area contributed by atoms with E-state index in [2.05, 4.69) is 0 Å². The third-order valence-electron chi connectivity index (χ3n) is 7.69. The first-order chi connectivity index (χ1) is 15.2. The quantitative estimate of drug-likeness (QED) is 0.674. The van der Waals surface area contributed by atoms with E-state index in [-0.39, 0.29) is 29.7 Å². The van der Waals surface area contributed by atoms with Crippen LogP contribution in [0.5, 0.6) is 5.75 Å².